The molecule has 1 N–H and O–H groups in total. The van der Waals surface area contributed by atoms with Gasteiger partial charge in [-0.3, -0.25) is 0 Å². The van der Waals surface area contributed by atoms with Crippen LogP contribution in [-0.4, -0.2) is 11.2 Å². The SMILES string of the molecule is CC(C)C(C)c1cccc(C(F)(F)[C@H](C)O)c1F. The van der Waals surface area contributed by atoms with Crippen molar-refractivity contribution in [2.45, 2.75) is 45.6 Å². The van der Waals surface area contributed by atoms with Gasteiger partial charge in [-0.05, 0) is 30.4 Å². The molecule has 0 aliphatic heterocycles. The van der Waals surface area contributed by atoms with Gasteiger partial charge >= 0.3 is 5.92 Å². The summed E-state index contributed by atoms with van der Waals surface area (Å²) in [5.41, 5.74) is -0.467. The summed E-state index contributed by atoms with van der Waals surface area (Å²) in [4.78, 5) is 0. The summed E-state index contributed by atoms with van der Waals surface area (Å²) in [6.45, 7) is 6.57. The highest BCUT2D eigenvalue weighted by atomic mass is 19.3. The first-order valence-corrected chi connectivity index (χ1v) is 6.04. The fraction of sp³-hybridized carbons (Fsp3) is 0.571. The molecule has 1 aromatic rings. The molecule has 1 unspecified atom stereocenters. The molecule has 1 rings (SSSR count). The van der Waals surface area contributed by atoms with E-state index in [0.29, 0.717) is 0 Å². The van der Waals surface area contributed by atoms with E-state index in [1.54, 1.807) is 6.92 Å². The fourth-order valence-corrected chi connectivity index (χ4v) is 1.74. The topological polar surface area (TPSA) is 20.2 Å². The molecule has 0 spiro atoms. The number of aliphatic hydroxyl groups excluding tert-OH is 1. The first-order valence-electron chi connectivity index (χ1n) is 6.04. The maximum absolute atomic E-state index is 14.1. The Morgan fingerprint density at radius 2 is 1.67 bits per heavy atom. The van der Waals surface area contributed by atoms with Crippen LogP contribution in [0.1, 0.15) is 44.7 Å². The molecule has 0 aliphatic rings. The third-order valence-electron chi connectivity index (χ3n) is 3.40. The van der Waals surface area contributed by atoms with Crippen LogP contribution in [0, 0.1) is 11.7 Å². The molecule has 0 amide bonds. The van der Waals surface area contributed by atoms with Gasteiger partial charge in [0.15, 0.2) is 0 Å². The average molecular weight is 260 g/mol. The molecule has 1 aromatic carbocycles. The van der Waals surface area contributed by atoms with E-state index in [2.05, 4.69) is 0 Å². The predicted molar refractivity (Wildman–Crippen MR) is 65.2 cm³/mol. The molecule has 2 atom stereocenters. The van der Waals surface area contributed by atoms with Gasteiger partial charge in [-0.1, -0.05) is 32.9 Å². The molecule has 1 nitrogen and oxygen atoms in total. The van der Waals surface area contributed by atoms with Crippen LogP contribution in [0.25, 0.3) is 0 Å². The summed E-state index contributed by atoms with van der Waals surface area (Å²) in [7, 11) is 0. The van der Waals surface area contributed by atoms with Gasteiger partial charge in [-0.25, -0.2) is 4.39 Å². The normalized spacial score (nSPS) is 15.8. The van der Waals surface area contributed by atoms with Crippen molar-refractivity contribution in [2.75, 3.05) is 0 Å². The molecule has 0 bridgehead atoms. The smallest absolute Gasteiger partial charge is 0.301 e. The lowest BCUT2D eigenvalue weighted by Gasteiger charge is -2.23. The molecule has 0 fully saturated rings. The maximum atomic E-state index is 14.1. The Balaban J connectivity index is 3.30. The van der Waals surface area contributed by atoms with Crippen molar-refractivity contribution in [3.8, 4) is 0 Å². The van der Waals surface area contributed by atoms with Gasteiger partial charge < -0.3 is 5.11 Å². The summed E-state index contributed by atoms with van der Waals surface area (Å²) in [6, 6.07) is 3.95. The van der Waals surface area contributed by atoms with Crippen LogP contribution in [0.2, 0.25) is 0 Å². The second-order valence-electron chi connectivity index (χ2n) is 5.04. The van der Waals surface area contributed by atoms with Crippen LogP contribution in [0.5, 0.6) is 0 Å². The Labute approximate surface area is 106 Å². The van der Waals surface area contributed by atoms with E-state index < -0.39 is 23.4 Å². The highest BCUT2D eigenvalue weighted by molar-refractivity contribution is 5.32. The van der Waals surface area contributed by atoms with Crippen molar-refractivity contribution < 1.29 is 18.3 Å². The van der Waals surface area contributed by atoms with Crippen LogP contribution in [0.3, 0.4) is 0 Å². The second kappa shape index (κ2) is 5.31. The average Bonchev–Trinajstić information content (AvgIpc) is 2.27. The standard InChI is InChI=1S/C14H19F3O/c1-8(2)9(3)11-6-5-7-12(13(11)15)14(16,17)10(4)18/h5-10,18H,1-4H3/t9?,10-/m0/s1. The highest BCUT2D eigenvalue weighted by Gasteiger charge is 2.40. The van der Waals surface area contributed by atoms with Crippen LogP contribution in [0.4, 0.5) is 13.2 Å². The van der Waals surface area contributed by atoms with Gasteiger partial charge in [0.2, 0.25) is 0 Å². The van der Waals surface area contributed by atoms with Gasteiger partial charge in [0.1, 0.15) is 11.9 Å². The Hall–Kier alpha value is -1.03. The zero-order valence-electron chi connectivity index (χ0n) is 11.0. The molecule has 0 saturated carbocycles. The molecular formula is C14H19F3O. The molecule has 102 valence electrons. The van der Waals surface area contributed by atoms with E-state index in [-0.39, 0.29) is 17.4 Å². The van der Waals surface area contributed by atoms with Crippen molar-refractivity contribution in [3.63, 3.8) is 0 Å². The number of aliphatic hydroxyl groups is 1. The predicted octanol–water partition coefficient (Wildman–Crippen LogP) is 4.06. The summed E-state index contributed by atoms with van der Waals surface area (Å²) in [5, 5.41) is 9.08. The van der Waals surface area contributed by atoms with E-state index in [1.807, 2.05) is 13.8 Å². The first-order chi connectivity index (χ1) is 8.19. The first kappa shape index (κ1) is 15.0. The van der Waals surface area contributed by atoms with Crippen LogP contribution < -0.4 is 0 Å². The molecule has 0 heterocycles. The Bertz CT molecular complexity index is 414. The number of hydrogen-bond acceptors (Lipinski definition) is 1. The van der Waals surface area contributed by atoms with E-state index in [9.17, 15) is 13.2 Å². The minimum Gasteiger partial charge on any atom is -0.387 e. The van der Waals surface area contributed by atoms with Gasteiger partial charge in [0.25, 0.3) is 0 Å². The molecule has 0 saturated heterocycles. The molecule has 0 aromatic heterocycles. The number of hydrogen-bond donors (Lipinski definition) is 1. The summed E-state index contributed by atoms with van der Waals surface area (Å²) >= 11 is 0. The van der Waals surface area contributed by atoms with E-state index in [1.165, 1.54) is 12.1 Å². The zero-order chi connectivity index (χ0) is 14.1. The largest absolute Gasteiger partial charge is 0.387 e. The third kappa shape index (κ3) is 2.69. The number of alkyl halides is 2. The Morgan fingerprint density at radius 1 is 1.11 bits per heavy atom. The van der Waals surface area contributed by atoms with Crippen molar-refractivity contribution in [3.05, 3.63) is 35.1 Å². The number of halogens is 3. The Kier molecular flexibility index (Phi) is 4.43. The lowest BCUT2D eigenvalue weighted by Crippen LogP contribution is -2.29. The maximum Gasteiger partial charge on any atom is 0.301 e. The van der Waals surface area contributed by atoms with Crippen molar-refractivity contribution in [1.82, 2.24) is 0 Å². The summed E-state index contributed by atoms with van der Waals surface area (Å²) in [6.07, 6.45) is -1.92. The number of benzene rings is 1. The van der Waals surface area contributed by atoms with Crippen molar-refractivity contribution in [2.24, 2.45) is 5.92 Å². The van der Waals surface area contributed by atoms with E-state index >= 15 is 0 Å². The quantitative estimate of drug-likeness (QED) is 0.865. The van der Waals surface area contributed by atoms with Crippen LogP contribution >= 0.6 is 0 Å². The van der Waals surface area contributed by atoms with Crippen molar-refractivity contribution in [1.29, 1.82) is 0 Å². The van der Waals surface area contributed by atoms with Crippen LogP contribution in [-0.2, 0) is 5.92 Å². The lowest BCUT2D eigenvalue weighted by atomic mass is 9.87. The fourth-order valence-electron chi connectivity index (χ4n) is 1.74. The van der Waals surface area contributed by atoms with Gasteiger partial charge in [-0.2, -0.15) is 8.78 Å². The van der Waals surface area contributed by atoms with E-state index in [4.69, 9.17) is 5.11 Å². The summed E-state index contributed by atoms with van der Waals surface area (Å²) in [5.74, 6) is -4.49. The zero-order valence-corrected chi connectivity index (χ0v) is 11.0. The second-order valence-corrected chi connectivity index (χ2v) is 5.04. The Morgan fingerprint density at radius 3 is 2.11 bits per heavy atom. The van der Waals surface area contributed by atoms with Gasteiger partial charge in [0.05, 0.1) is 5.56 Å². The molecular weight excluding hydrogens is 241 g/mol. The highest BCUT2D eigenvalue weighted by Crippen LogP contribution is 2.37. The molecule has 18 heavy (non-hydrogen) atoms. The monoisotopic (exact) mass is 260 g/mol. The van der Waals surface area contributed by atoms with Gasteiger partial charge in [0, 0.05) is 0 Å². The van der Waals surface area contributed by atoms with E-state index in [0.717, 1.165) is 13.0 Å². The third-order valence-corrected chi connectivity index (χ3v) is 3.40. The minimum atomic E-state index is -3.57. The summed E-state index contributed by atoms with van der Waals surface area (Å²) < 4.78 is 41.5. The van der Waals surface area contributed by atoms with Gasteiger partial charge in [-0.15, -0.1) is 0 Å². The lowest BCUT2D eigenvalue weighted by molar-refractivity contribution is -0.108. The molecule has 0 radical (unpaired) electrons. The molecule has 0 aliphatic carbocycles. The minimum absolute atomic E-state index is 0.148. The van der Waals surface area contributed by atoms with Crippen molar-refractivity contribution >= 4 is 0 Å². The van der Waals surface area contributed by atoms with Crippen LogP contribution in [0.15, 0.2) is 18.2 Å². The molecule has 4 heteroatoms. The number of rotatable bonds is 4.